The molecule has 0 unspecified atom stereocenters. The zero-order valence-corrected chi connectivity index (χ0v) is 12.1. The highest BCUT2D eigenvalue weighted by Gasteiger charge is 2.11. The molecule has 1 aromatic carbocycles. The van der Waals surface area contributed by atoms with E-state index in [1.807, 2.05) is 0 Å². The van der Waals surface area contributed by atoms with Crippen LogP contribution in [0.3, 0.4) is 0 Å². The van der Waals surface area contributed by atoms with Crippen LogP contribution in [0.15, 0.2) is 18.2 Å². The van der Waals surface area contributed by atoms with E-state index in [-0.39, 0.29) is 12.2 Å². The summed E-state index contributed by atoms with van der Waals surface area (Å²) >= 11 is 5.90. The highest BCUT2D eigenvalue weighted by Crippen LogP contribution is 2.19. The summed E-state index contributed by atoms with van der Waals surface area (Å²) in [5, 5.41) is 0.333. The SMILES string of the molecule is CC(C)CCOCCOC(=O)c1cc(N)ccc1Cl. The van der Waals surface area contributed by atoms with Gasteiger partial charge in [-0.1, -0.05) is 25.4 Å². The maximum Gasteiger partial charge on any atom is 0.339 e. The molecule has 0 saturated carbocycles. The third-order valence-corrected chi connectivity index (χ3v) is 2.84. The minimum Gasteiger partial charge on any atom is -0.460 e. The third kappa shape index (κ3) is 5.94. The lowest BCUT2D eigenvalue weighted by Gasteiger charge is -2.08. The van der Waals surface area contributed by atoms with Gasteiger partial charge in [-0.25, -0.2) is 4.79 Å². The number of halogens is 1. The standard InChI is InChI=1S/C14H20ClNO3/c1-10(2)5-6-18-7-8-19-14(17)12-9-11(16)3-4-13(12)15/h3-4,9-10H,5-8,16H2,1-2H3. The second kappa shape index (κ2) is 8.02. The molecule has 0 bridgehead atoms. The number of esters is 1. The molecule has 0 atom stereocenters. The highest BCUT2D eigenvalue weighted by molar-refractivity contribution is 6.33. The van der Waals surface area contributed by atoms with E-state index in [0.717, 1.165) is 6.42 Å². The lowest BCUT2D eigenvalue weighted by atomic mass is 10.1. The number of benzene rings is 1. The van der Waals surface area contributed by atoms with Crippen molar-refractivity contribution >= 4 is 23.3 Å². The molecule has 1 aromatic rings. The van der Waals surface area contributed by atoms with Crippen LogP contribution in [0.1, 0.15) is 30.6 Å². The van der Waals surface area contributed by atoms with E-state index in [1.54, 1.807) is 12.1 Å². The molecule has 2 N–H and O–H groups in total. The van der Waals surface area contributed by atoms with Crippen molar-refractivity contribution < 1.29 is 14.3 Å². The van der Waals surface area contributed by atoms with Crippen LogP contribution in [0.25, 0.3) is 0 Å². The molecule has 0 aliphatic heterocycles. The van der Waals surface area contributed by atoms with Crippen molar-refractivity contribution in [1.29, 1.82) is 0 Å². The predicted octanol–water partition coefficient (Wildman–Crippen LogP) is 3.14. The fourth-order valence-corrected chi connectivity index (χ4v) is 1.59. The molecule has 0 aliphatic carbocycles. The Kier molecular flexibility index (Phi) is 6.67. The quantitative estimate of drug-likeness (QED) is 0.475. The molecule has 0 amide bonds. The largest absolute Gasteiger partial charge is 0.460 e. The zero-order chi connectivity index (χ0) is 14.3. The molecule has 19 heavy (non-hydrogen) atoms. The van der Waals surface area contributed by atoms with Crippen molar-refractivity contribution in [3.05, 3.63) is 28.8 Å². The molecular weight excluding hydrogens is 266 g/mol. The molecule has 0 heterocycles. The number of nitrogen functional groups attached to an aromatic ring is 1. The molecule has 0 spiro atoms. The van der Waals surface area contributed by atoms with Crippen LogP contribution in [-0.2, 0) is 9.47 Å². The topological polar surface area (TPSA) is 61.5 Å². The van der Waals surface area contributed by atoms with Gasteiger partial charge in [-0.05, 0) is 30.5 Å². The fraction of sp³-hybridized carbons (Fsp3) is 0.500. The van der Waals surface area contributed by atoms with E-state index >= 15 is 0 Å². The summed E-state index contributed by atoms with van der Waals surface area (Å²) in [6.07, 6.45) is 0.995. The summed E-state index contributed by atoms with van der Waals surface area (Å²) < 4.78 is 10.4. The first-order valence-electron chi connectivity index (χ1n) is 6.30. The second-order valence-corrected chi connectivity index (χ2v) is 5.08. The summed E-state index contributed by atoms with van der Waals surface area (Å²) in [4.78, 5) is 11.7. The van der Waals surface area contributed by atoms with E-state index < -0.39 is 5.97 Å². The molecule has 1 rings (SSSR count). The summed E-state index contributed by atoms with van der Waals surface area (Å²) in [5.74, 6) is 0.124. The fourth-order valence-electron chi connectivity index (χ4n) is 1.39. The van der Waals surface area contributed by atoms with Crippen LogP contribution in [0, 0.1) is 5.92 Å². The van der Waals surface area contributed by atoms with Gasteiger partial charge in [-0.3, -0.25) is 0 Å². The van der Waals surface area contributed by atoms with E-state index in [1.165, 1.54) is 6.07 Å². The minimum absolute atomic E-state index is 0.210. The van der Waals surface area contributed by atoms with Gasteiger partial charge in [0.15, 0.2) is 0 Å². The lowest BCUT2D eigenvalue weighted by molar-refractivity contribution is 0.0303. The Bertz CT molecular complexity index is 421. The molecule has 0 radical (unpaired) electrons. The normalized spacial score (nSPS) is 10.7. The number of hydrogen-bond donors (Lipinski definition) is 1. The Morgan fingerprint density at radius 3 is 2.74 bits per heavy atom. The maximum absolute atomic E-state index is 11.7. The lowest BCUT2D eigenvalue weighted by Crippen LogP contribution is -2.12. The zero-order valence-electron chi connectivity index (χ0n) is 11.3. The molecule has 4 nitrogen and oxygen atoms in total. The molecule has 0 saturated heterocycles. The van der Waals surface area contributed by atoms with Crippen LogP contribution in [0.5, 0.6) is 0 Å². The minimum atomic E-state index is -0.482. The number of hydrogen-bond acceptors (Lipinski definition) is 4. The molecule has 5 heteroatoms. The Morgan fingerprint density at radius 1 is 1.32 bits per heavy atom. The molecular formula is C14H20ClNO3. The van der Waals surface area contributed by atoms with Gasteiger partial charge >= 0.3 is 5.97 Å². The Morgan fingerprint density at radius 2 is 2.05 bits per heavy atom. The Balaban J connectivity index is 2.29. The molecule has 106 valence electrons. The van der Waals surface area contributed by atoms with Crippen molar-refractivity contribution in [1.82, 2.24) is 0 Å². The number of carbonyl (C=O) groups excluding carboxylic acids is 1. The number of ether oxygens (including phenoxy) is 2. The maximum atomic E-state index is 11.7. The average Bonchev–Trinajstić information content (AvgIpc) is 2.36. The van der Waals surface area contributed by atoms with Gasteiger partial charge in [0.1, 0.15) is 6.61 Å². The first-order valence-corrected chi connectivity index (χ1v) is 6.68. The third-order valence-electron chi connectivity index (χ3n) is 2.51. The summed E-state index contributed by atoms with van der Waals surface area (Å²) in [7, 11) is 0. The van der Waals surface area contributed by atoms with Gasteiger partial charge in [0.2, 0.25) is 0 Å². The molecule has 0 fully saturated rings. The highest BCUT2D eigenvalue weighted by atomic mass is 35.5. The van der Waals surface area contributed by atoms with Gasteiger partial charge in [-0.2, -0.15) is 0 Å². The van der Waals surface area contributed by atoms with Crippen molar-refractivity contribution in [3.63, 3.8) is 0 Å². The van der Waals surface area contributed by atoms with Crippen LogP contribution in [-0.4, -0.2) is 25.8 Å². The van der Waals surface area contributed by atoms with Gasteiger partial charge in [0.25, 0.3) is 0 Å². The van der Waals surface area contributed by atoms with Gasteiger partial charge in [0, 0.05) is 12.3 Å². The number of anilines is 1. The smallest absolute Gasteiger partial charge is 0.339 e. The van der Waals surface area contributed by atoms with Crippen LogP contribution < -0.4 is 5.73 Å². The monoisotopic (exact) mass is 285 g/mol. The van der Waals surface area contributed by atoms with Gasteiger partial charge < -0.3 is 15.2 Å². The van der Waals surface area contributed by atoms with Gasteiger partial charge in [-0.15, -0.1) is 0 Å². The molecule has 0 aliphatic rings. The first kappa shape index (κ1) is 15.8. The summed E-state index contributed by atoms with van der Waals surface area (Å²) in [6.45, 7) is 5.53. The van der Waals surface area contributed by atoms with E-state index in [4.69, 9.17) is 26.8 Å². The van der Waals surface area contributed by atoms with Crippen molar-refractivity contribution in [2.75, 3.05) is 25.6 Å². The van der Waals surface area contributed by atoms with Crippen molar-refractivity contribution in [3.8, 4) is 0 Å². The average molecular weight is 286 g/mol. The van der Waals surface area contributed by atoms with Crippen LogP contribution in [0.2, 0.25) is 5.02 Å². The second-order valence-electron chi connectivity index (χ2n) is 4.67. The Hall–Kier alpha value is -1.26. The Labute approximate surface area is 118 Å². The van der Waals surface area contributed by atoms with Crippen molar-refractivity contribution in [2.45, 2.75) is 20.3 Å². The summed E-state index contributed by atoms with van der Waals surface area (Å²) in [6, 6.07) is 4.71. The van der Waals surface area contributed by atoms with Crippen molar-refractivity contribution in [2.24, 2.45) is 5.92 Å². The van der Waals surface area contributed by atoms with Gasteiger partial charge in [0.05, 0.1) is 17.2 Å². The number of nitrogens with two attached hydrogens (primary N) is 1. The summed E-state index contributed by atoms with van der Waals surface area (Å²) in [5.41, 5.74) is 6.35. The number of rotatable bonds is 7. The molecule has 0 aromatic heterocycles. The van der Waals surface area contributed by atoms with E-state index in [2.05, 4.69) is 13.8 Å². The predicted molar refractivity (Wildman–Crippen MR) is 76.4 cm³/mol. The first-order chi connectivity index (χ1) is 9.00. The number of carbonyl (C=O) groups is 1. The van der Waals surface area contributed by atoms with E-state index in [9.17, 15) is 4.79 Å². The van der Waals surface area contributed by atoms with E-state index in [0.29, 0.717) is 29.8 Å². The van der Waals surface area contributed by atoms with Crippen LogP contribution in [0.4, 0.5) is 5.69 Å². The van der Waals surface area contributed by atoms with Crippen LogP contribution >= 0.6 is 11.6 Å².